The fourth-order valence-electron chi connectivity index (χ4n) is 3.39. The molecule has 0 aromatic carbocycles. The third-order valence-corrected chi connectivity index (χ3v) is 10.9. The quantitative estimate of drug-likeness (QED) is 0.440. The smallest absolute Gasteiger partial charge is 0.348 e. The van der Waals surface area contributed by atoms with Crippen LogP contribution in [-0.4, -0.2) is 60.9 Å². The van der Waals surface area contributed by atoms with E-state index < -0.39 is 28.1 Å². The van der Waals surface area contributed by atoms with Crippen LogP contribution in [0.25, 0.3) is 0 Å². The number of rotatable bonds is 6. The summed E-state index contributed by atoms with van der Waals surface area (Å²) in [5.41, 5.74) is 0. The minimum Gasteiger partial charge on any atom is -0.411 e. The number of hydrogen-bond acceptors (Lipinski definition) is 4. The first-order valence-electron chi connectivity index (χ1n) is 9.45. The fourth-order valence-corrected chi connectivity index (χ4v) is 5.18. The van der Waals surface area contributed by atoms with E-state index in [1.165, 1.54) is 6.08 Å². The molecule has 0 radical (unpaired) electrons. The SMILES string of the molecule is CO[C@@H]1[C@H](O[Si](C)(C)C(C)(C)C)[C@@H](/C=C/P(=O)(O)O)C[C@H]1N1C=CCNC1=O. The highest BCUT2D eigenvalue weighted by atomic mass is 31.2. The topological polar surface area (TPSA) is 108 Å². The molecule has 1 heterocycles. The van der Waals surface area contributed by atoms with Gasteiger partial charge in [0.15, 0.2) is 8.32 Å². The maximum atomic E-state index is 12.4. The maximum absolute atomic E-state index is 12.4. The Hall–Kier alpha value is -0.963. The van der Waals surface area contributed by atoms with Crippen LogP contribution < -0.4 is 5.32 Å². The van der Waals surface area contributed by atoms with Gasteiger partial charge in [-0.25, -0.2) is 4.79 Å². The molecule has 1 fully saturated rings. The van der Waals surface area contributed by atoms with E-state index in [-0.39, 0.29) is 23.0 Å². The number of methoxy groups -OCH3 is 1. The van der Waals surface area contributed by atoms with Crippen LogP contribution in [0, 0.1) is 5.92 Å². The molecular formula is C18H33N2O6PSi. The zero-order chi connectivity index (χ0) is 21.3. The molecule has 8 nitrogen and oxygen atoms in total. The number of carbonyl (C=O) groups is 1. The third-order valence-electron chi connectivity index (χ3n) is 5.90. The molecule has 1 aliphatic heterocycles. The van der Waals surface area contributed by atoms with Crippen molar-refractivity contribution < 1.29 is 28.3 Å². The first-order valence-corrected chi connectivity index (χ1v) is 14.0. The minimum absolute atomic E-state index is 0.0384. The Morgan fingerprint density at radius 1 is 1.32 bits per heavy atom. The summed E-state index contributed by atoms with van der Waals surface area (Å²) < 4.78 is 23.8. The fraction of sp³-hybridized carbons (Fsp3) is 0.722. The number of nitrogens with zero attached hydrogens (tertiary/aromatic N) is 1. The zero-order valence-corrected chi connectivity index (χ0v) is 19.3. The van der Waals surface area contributed by atoms with Gasteiger partial charge in [-0.05, 0) is 30.6 Å². The van der Waals surface area contributed by atoms with Gasteiger partial charge in [-0.1, -0.05) is 26.8 Å². The maximum Gasteiger partial charge on any atom is 0.348 e. The molecule has 160 valence electrons. The first kappa shape index (κ1) is 23.3. The molecule has 1 aliphatic carbocycles. The van der Waals surface area contributed by atoms with Gasteiger partial charge in [0, 0.05) is 31.6 Å². The average Bonchev–Trinajstić information content (AvgIpc) is 2.88. The zero-order valence-electron chi connectivity index (χ0n) is 17.5. The average molecular weight is 433 g/mol. The lowest BCUT2D eigenvalue weighted by Gasteiger charge is -2.41. The van der Waals surface area contributed by atoms with E-state index in [1.54, 1.807) is 18.2 Å². The van der Waals surface area contributed by atoms with Gasteiger partial charge < -0.3 is 24.3 Å². The van der Waals surface area contributed by atoms with Crippen LogP contribution in [-0.2, 0) is 13.7 Å². The van der Waals surface area contributed by atoms with Crippen molar-refractivity contribution in [2.45, 2.75) is 63.6 Å². The van der Waals surface area contributed by atoms with Crippen molar-refractivity contribution in [3.8, 4) is 0 Å². The second-order valence-corrected chi connectivity index (χ2v) is 15.2. The summed E-state index contributed by atoms with van der Waals surface area (Å²) in [6, 6.07) is -0.497. The van der Waals surface area contributed by atoms with Crippen molar-refractivity contribution in [1.82, 2.24) is 10.2 Å². The number of amides is 2. The first-order chi connectivity index (χ1) is 12.8. The van der Waals surface area contributed by atoms with E-state index in [9.17, 15) is 19.1 Å². The van der Waals surface area contributed by atoms with Gasteiger partial charge in [-0.15, -0.1) is 0 Å². The van der Waals surface area contributed by atoms with Crippen LogP contribution >= 0.6 is 7.60 Å². The summed E-state index contributed by atoms with van der Waals surface area (Å²) >= 11 is 0. The van der Waals surface area contributed by atoms with Crippen molar-refractivity contribution in [1.29, 1.82) is 0 Å². The molecule has 2 amide bonds. The van der Waals surface area contributed by atoms with E-state index >= 15 is 0 Å². The molecule has 4 atom stereocenters. The van der Waals surface area contributed by atoms with Crippen LogP contribution in [0.5, 0.6) is 0 Å². The van der Waals surface area contributed by atoms with Crippen LogP contribution in [0.3, 0.4) is 0 Å². The van der Waals surface area contributed by atoms with Crippen LogP contribution in [0.4, 0.5) is 4.79 Å². The van der Waals surface area contributed by atoms with E-state index in [1.807, 2.05) is 6.08 Å². The van der Waals surface area contributed by atoms with Gasteiger partial charge in [0.1, 0.15) is 6.10 Å². The number of hydrogen-bond donors (Lipinski definition) is 3. The minimum atomic E-state index is -4.29. The van der Waals surface area contributed by atoms with Crippen LogP contribution in [0.2, 0.25) is 18.1 Å². The number of nitrogens with one attached hydrogen (secondary N) is 1. The molecule has 0 aromatic rings. The number of urea groups is 1. The molecule has 2 aliphatic rings. The number of carbonyl (C=O) groups excluding carboxylic acids is 1. The summed E-state index contributed by atoms with van der Waals surface area (Å²) in [6.07, 6.45) is 4.81. The van der Waals surface area contributed by atoms with Crippen molar-refractivity contribution in [3.05, 3.63) is 24.2 Å². The highest BCUT2D eigenvalue weighted by molar-refractivity contribution is 7.55. The summed E-state index contributed by atoms with van der Waals surface area (Å²) in [7, 11) is -4.90. The van der Waals surface area contributed by atoms with Gasteiger partial charge in [-0.3, -0.25) is 9.46 Å². The highest BCUT2D eigenvalue weighted by Crippen LogP contribution is 2.44. The van der Waals surface area contributed by atoms with Crippen molar-refractivity contribution in [3.63, 3.8) is 0 Å². The summed E-state index contributed by atoms with van der Waals surface area (Å²) in [4.78, 5) is 32.5. The Labute approximate surface area is 168 Å². The van der Waals surface area contributed by atoms with Crippen molar-refractivity contribution >= 4 is 21.9 Å². The summed E-state index contributed by atoms with van der Waals surface area (Å²) in [5, 5.41) is 2.74. The Morgan fingerprint density at radius 3 is 2.46 bits per heavy atom. The lowest BCUT2D eigenvalue weighted by molar-refractivity contribution is -0.0166. The molecule has 28 heavy (non-hydrogen) atoms. The predicted octanol–water partition coefficient (Wildman–Crippen LogP) is 3.01. The Balaban J connectivity index is 2.38. The summed E-state index contributed by atoms with van der Waals surface area (Å²) in [6.45, 7) is 11.1. The van der Waals surface area contributed by atoms with Gasteiger partial charge >= 0.3 is 13.6 Å². The largest absolute Gasteiger partial charge is 0.411 e. The molecule has 0 saturated heterocycles. The van der Waals surface area contributed by atoms with Gasteiger partial charge in [0.25, 0.3) is 0 Å². The monoisotopic (exact) mass is 432 g/mol. The molecular weight excluding hydrogens is 399 g/mol. The van der Waals surface area contributed by atoms with Crippen molar-refractivity contribution in [2.24, 2.45) is 5.92 Å². The Kier molecular flexibility index (Phi) is 7.01. The van der Waals surface area contributed by atoms with Crippen LogP contribution in [0.15, 0.2) is 24.2 Å². The van der Waals surface area contributed by atoms with Crippen molar-refractivity contribution in [2.75, 3.05) is 13.7 Å². The second kappa shape index (κ2) is 8.42. The Morgan fingerprint density at radius 2 is 1.96 bits per heavy atom. The van der Waals surface area contributed by atoms with Crippen LogP contribution in [0.1, 0.15) is 27.2 Å². The second-order valence-electron chi connectivity index (χ2n) is 8.92. The number of ether oxygens (including phenoxy) is 1. The Bertz CT molecular complexity index is 684. The lowest BCUT2D eigenvalue weighted by atomic mass is 10.1. The molecule has 0 spiro atoms. The molecule has 0 bridgehead atoms. The summed E-state index contributed by atoms with van der Waals surface area (Å²) in [5.74, 6) is 0.653. The molecule has 2 rings (SSSR count). The molecule has 10 heteroatoms. The molecule has 0 aromatic heterocycles. The normalized spacial score (nSPS) is 29.6. The van der Waals surface area contributed by atoms with Gasteiger partial charge in [-0.2, -0.15) is 0 Å². The standard InChI is InChI=1S/C18H33N2O6PSi/c1-18(2,3)28(5,6)26-15-13(8-11-27(22,23)24)12-14(16(15)25-4)20-10-7-9-19-17(20)21/h7-8,10-11,13-16H,9,12H2,1-6H3,(H,19,21)(H2,22,23,24)/b11-8+/t13-,14+,15+,16-/m0/s1. The predicted molar refractivity (Wildman–Crippen MR) is 110 cm³/mol. The van der Waals surface area contributed by atoms with Gasteiger partial charge in [0.2, 0.25) is 0 Å². The van der Waals surface area contributed by atoms with Gasteiger partial charge in [0.05, 0.1) is 12.1 Å². The van der Waals surface area contributed by atoms with E-state index in [2.05, 4.69) is 39.2 Å². The molecule has 3 N–H and O–H groups in total. The molecule has 0 unspecified atom stereocenters. The van der Waals surface area contributed by atoms with E-state index in [4.69, 9.17) is 9.16 Å². The highest BCUT2D eigenvalue weighted by Gasteiger charge is 2.51. The lowest BCUT2D eigenvalue weighted by Crippen LogP contribution is -2.53. The van der Waals surface area contributed by atoms with E-state index in [0.717, 1.165) is 5.82 Å². The third kappa shape index (κ3) is 5.34. The van der Waals surface area contributed by atoms with E-state index in [0.29, 0.717) is 13.0 Å². The molecule has 1 saturated carbocycles.